The Balaban J connectivity index is 2.24. The average Bonchev–Trinajstić information content (AvgIpc) is 2.67. The van der Waals surface area contributed by atoms with Crippen LogP contribution in [0.25, 0.3) is 11.5 Å². The van der Waals surface area contributed by atoms with Crippen LogP contribution < -0.4 is 0 Å². The van der Waals surface area contributed by atoms with Crippen molar-refractivity contribution >= 4 is 11.1 Å². The lowest BCUT2D eigenvalue weighted by Gasteiger charge is -1.98. The summed E-state index contributed by atoms with van der Waals surface area (Å²) in [6, 6.07) is 9.17. The van der Waals surface area contributed by atoms with Crippen molar-refractivity contribution in [2.75, 3.05) is 0 Å². The van der Waals surface area contributed by atoms with Crippen molar-refractivity contribution in [1.82, 2.24) is 10.2 Å². The number of hydrogen-bond acceptors (Lipinski definition) is 5. The largest absolute Gasteiger partial charge is 0.772 e. The van der Waals surface area contributed by atoms with Crippen molar-refractivity contribution in [3.63, 3.8) is 0 Å². The predicted octanol–water partition coefficient (Wildman–Crippen LogP) is 1.12. The summed E-state index contributed by atoms with van der Waals surface area (Å²) in [5, 5.41) is 7.37. The van der Waals surface area contributed by atoms with Gasteiger partial charge in [-0.25, -0.2) is 0 Å². The zero-order valence-electron chi connectivity index (χ0n) is 7.62. The summed E-state index contributed by atoms with van der Waals surface area (Å²) in [4.78, 5) is 0. The molecule has 0 bridgehead atoms. The summed E-state index contributed by atoms with van der Waals surface area (Å²) >= 11 is -2.21. The van der Waals surface area contributed by atoms with Crippen molar-refractivity contribution in [1.29, 1.82) is 0 Å². The molecule has 2 aromatic rings. The van der Waals surface area contributed by atoms with Crippen LogP contribution in [0.5, 0.6) is 0 Å². The standard InChI is InChI=1S/C9H8N2O3S/c12-15(13)6-8-10-11-9(14-8)7-4-2-1-3-5-7/h1-5H,6H2,(H,12,13)/p-1. The molecule has 1 heterocycles. The maximum atomic E-state index is 10.4. The lowest BCUT2D eigenvalue weighted by molar-refractivity contribution is 0.502. The van der Waals surface area contributed by atoms with E-state index in [0.29, 0.717) is 5.89 Å². The second-order valence-corrected chi connectivity index (χ2v) is 3.71. The summed E-state index contributed by atoms with van der Waals surface area (Å²) in [5.41, 5.74) is 0.771. The molecule has 0 aliphatic heterocycles. The van der Waals surface area contributed by atoms with Crippen molar-refractivity contribution in [3.05, 3.63) is 36.2 Å². The van der Waals surface area contributed by atoms with Gasteiger partial charge in [0.1, 0.15) is 0 Å². The third kappa shape index (κ3) is 2.48. The molecule has 1 aromatic carbocycles. The second-order valence-electron chi connectivity index (χ2n) is 2.82. The van der Waals surface area contributed by atoms with E-state index in [0.717, 1.165) is 5.56 Å². The molecule has 2 rings (SSSR count). The van der Waals surface area contributed by atoms with E-state index in [9.17, 15) is 8.76 Å². The minimum absolute atomic E-state index is 0.0992. The summed E-state index contributed by atoms with van der Waals surface area (Å²) in [7, 11) is 0. The summed E-state index contributed by atoms with van der Waals surface area (Å²) in [6.45, 7) is 0. The highest BCUT2D eigenvalue weighted by atomic mass is 32.2. The van der Waals surface area contributed by atoms with Crippen LogP contribution >= 0.6 is 0 Å². The van der Waals surface area contributed by atoms with Gasteiger partial charge in [-0.3, -0.25) is 4.21 Å². The van der Waals surface area contributed by atoms with E-state index in [4.69, 9.17) is 4.42 Å². The van der Waals surface area contributed by atoms with Gasteiger partial charge >= 0.3 is 0 Å². The average molecular weight is 223 g/mol. The SMILES string of the molecule is O=S([O-])Cc1nnc(-c2ccccc2)o1. The molecule has 6 heteroatoms. The Morgan fingerprint density at radius 2 is 2.00 bits per heavy atom. The van der Waals surface area contributed by atoms with Gasteiger partial charge in [0.2, 0.25) is 11.8 Å². The highest BCUT2D eigenvalue weighted by Gasteiger charge is 2.07. The van der Waals surface area contributed by atoms with E-state index >= 15 is 0 Å². The van der Waals surface area contributed by atoms with Crippen molar-refractivity contribution in [2.45, 2.75) is 5.75 Å². The van der Waals surface area contributed by atoms with Crippen molar-refractivity contribution < 1.29 is 13.2 Å². The molecule has 0 N–H and O–H groups in total. The van der Waals surface area contributed by atoms with Crippen molar-refractivity contribution in [3.8, 4) is 11.5 Å². The van der Waals surface area contributed by atoms with E-state index in [2.05, 4.69) is 10.2 Å². The highest BCUT2D eigenvalue weighted by molar-refractivity contribution is 7.78. The first-order valence-electron chi connectivity index (χ1n) is 4.19. The fourth-order valence-electron chi connectivity index (χ4n) is 1.11. The Morgan fingerprint density at radius 3 is 2.67 bits per heavy atom. The molecule has 0 amide bonds. The molecule has 0 radical (unpaired) electrons. The van der Waals surface area contributed by atoms with Gasteiger partial charge in [-0.2, -0.15) is 0 Å². The first-order valence-corrected chi connectivity index (χ1v) is 5.44. The number of nitrogens with zero attached hydrogens (tertiary/aromatic N) is 2. The molecule has 15 heavy (non-hydrogen) atoms. The quantitative estimate of drug-likeness (QED) is 0.728. The maximum absolute atomic E-state index is 10.4. The molecule has 0 aliphatic carbocycles. The molecule has 1 aromatic heterocycles. The van der Waals surface area contributed by atoms with E-state index in [1.54, 1.807) is 0 Å². The molecule has 1 unspecified atom stereocenters. The van der Waals surface area contributed by atoms with E-state index in [-0.39, 0.29) is 11.6 Å². The number of benzene rings is 1. The predicted molar refractivity (Wildman–Crippen MR) is 52.4 cm³/mol. The van der Waals surface area contributed by atoms with E-state index < -0.39 is 11.1 Å². The zero-order chi connectivity index (χ0) is 10.7. The molecule has 1 atom stereocenters. The molecular weight excluding hydrogens is 216 g/mol. The Morgan fingerprint density at radius 1 is 1.27 bits per heavy atom. The van der Waals surface area contributed by atoms with Gasteiger partial charge in [-0.15, -0.1) is 10.2 Å². The third-order valence-corrected chi connectivity index (χ3v) is 2.21. The van der Waals surface area contributed by atoms with Gasteiger partial charge in [-0.05, 0) is 23.2 Å². The fraction of sp³-hybridized carbons (Fsp3) is 0.111. The van der Waals surface area contributed by atoms with Gasteiger partial charge in [0.25, 0.3) is 0 Å². The van der Waals surface area contributed by atoms with Crippen LogP contribution in [0.15, 0.2) is 34.7 Å². The van der Waals surface area contributed by atoms with Gasteiger partial charge < -0.3 is 8.97 Å². The normalized spacial score (nSPS) is 12.6. The van der Waals surface area contributed by atoms with Crippen LogP contribution in [0, 0.1) is 0 Å². The first kappa shape index (κ1) is 10.0. The zero-order valence-corrected chi connectivity index (χ0v) is 8.44. The van der Waals surface area contributed by atoms with Gasteiger partial charge in [0.05, 0.1) is 5.75 Å². The molecule has 78 valence electrons. The van der Waals surface area contributed by atoms with Gasteiger partial charge in [0, 0.05) is 5.56 Å². The first-order chi connectivity index (χ1) is 7.25. The molecule has 5 nitrogen and oxygen atoms in total. The minimum atomic E-state index is -2.21. The lowest BCUT2D eigenvalue weighted by atomic mass is 10.2. The van der Waals surface area contributed by atoms with Gasteiger partial charge in [-0.1, -0.05) is 18.2 Å². The highest BCUT2D eigenvalue weighted by Crippen LogP contribution is 2.17. The number of aromatic nitrogens is 2. The fourth-order valence-corrected chi connectivity index (χ4v) is 1.43. The van der Waals surface area contributed by atoms with Crippen LogP contribution in [0.3, 0.4) is 0 Å². The Labute approximate surface area is 88.4 Å². The topological polar surface area (TPSA) is 79.0 Å². The van der Waals surface area contributed by atoms with Crippen LogP contribution in [-0.4, -0.2) is 19.0 Å². The molecule has 0 aliphatic rings. The molecule has 0 saturated heterocycles. The summed E-state index contributed by atoms with van der Waals surface area (Å²) in [5.74, 6) is 0.179. The Kier molecular flexibility index (Phi) is 2.89. The van der Waals surface area contributed by atoms with E-state index in [1.807, 2.05) is 30.3 Å². The summed E-state index contributed by atoms with van der Waals surface area (Å²) < 4.78 is 25.9. The van der Waals surface area contributed by atoms with Crippen LogP contribution in [0.2, 0.25) is 0 Å². The van der Waals surface area contributed by atoms with Crippen LogP contribution in [0.4, 0.5) is 0 Å². The van der Waals surface area contributed by atoms with Crippen molar-refractivity contribution in [2.24, 2.45) is 0 Å². The maximum Gasteiger partial charge on any atom is 0.247 e. The van der Waals surface area contributed by atoms with E-state index in [1.165, 1.54) is 0 Å². The Hall–Kier alpha value is -1.53. The number of hydrogen-bond donors (Lipinski definition) is 0. The molecular formula is C9H7N2O3S-. The third-order valence-electron chi connectivity index (χ3n) is 1.73. The van der Waals surface area contributed by atoms with Gasteiger partial charge in [0.15, 0.2) is 0 Å². The Bertz CT molecular complexity index is 469. The van der Waals surface area contributed by atoms with Crippen LogP contribution in [0.1, 0.15) is 5.89 Å². The van der Waals surface area contributed by atoms with Crippen LogP contribution in [-0.2, 0) is 16.8 Å². The molecule has 0 fully saturated rings. The molecule has 0 saturated carbocycles. The monoisotopic (exact) mass is 223 g/mol. The lowest BCUT2D eigenvalue weighted by Crippen LogP contribution is -1.92. The molecule has 0 spiro atoms. The number of rotatable bonds is 3. The minimum Gasteiger partial charge on any atom is -0.772 e. The summed E-state index contributed by atoms with van der Waals surface area (Å²) in [6.07, 6.45) is 0. The smallest absolute Gasteiger partial charge is 0.247 e. The second kappa shape index (κ2) is 4.33.